The Morgan fingerprint density at radius 3 is 2.70 bits per heavy atom. The van der Waals surface area contributed by atoms with E-state index in [-0.39, 0.29) is 29.9 Å². The fourth-order valence-corrected chi connectivity index (χ4v) is 3.93. The lowest BCUT2D eigenvalue weighted by atomic mass is 10.2. The van der Waals surface area contributed by atoms with Crippen molar-refractivity contribution in [2.24, 2.45) is 4.99 Å². The SMILES string of the molecule is CN=C(NCc1ccc(NC(=O)c2ccco2)cc1)NCC1CCCS1.I. The van der Waals surface area contributed by atoms with Crippen LogP contribution < -0.4 is 16.0 Å². The standard InChI is InChI=1S/C19H24N4O2S.HI/c1-20-19(22-13-16-4-3-11-26-16)21-12-14-6-8-15(9-7-14)23-18(24)17-5-2-10-25-17;/h2,5-10,16H,3-4,11-13H2,1H3,(H,23,24)(H2,20,21,22);1H. The molecule has 1 aliphatic heterocycles. The molecule has 1 fully saturated rings. The van der Waals surface area contributed by atoms with Crippen molar-refractivity contribution in [3.8, 4) is 0 Å². The van der Waals surface area contributed by atoms with Crippen molar-refractivity contribution in [3.05, 3.63) is 54.0 Å². The zero-order chi connectivity index (χ0) is 18.2. The zero-order valence-corrected chi connectivity index (χ0v) is 18.4. The maximum atomic E-state index is 12.0. The summed E-state index contributed by atoms with van der Waals surface area (Å²) in [5.41, 5.74) is 1.84. The molecule has 0 saturated carbocycles. The molecule has 27 heavy (non-hydrogen) atoms. The molecule has 146 valence electrons. The molecule has 1 atom stereocenters. The van der Waals surface area contributed by atoms with Gasteiger partial charge in [-0.3, -0.25) is 9.79 Å². The van der Waals surface area contributed by atoms with E-state index in [0.29, 0.717) is 17.6 Å². The van der Waals surface area contributed by atoms with Gasteiger partial charge in [0, 0.05) is 31.1 Å². The van der Waals surface area contributed by atoms with Gasteiger partial charge < -0.3 is 20.4 Å². The van der Waals surface area contributed by atoms with Crippen molar-refractivity contribution in [2.45, 2.75) is 24.6 Å². The molecule has 3 N–H and O–H groups in total. The van der Waals surface area contributed by atoms with Gasteiger partial charge in [0.1, 0.15) is 0 Å². The highest BCUT2D eigenvalue weighted by atomic mass is 127. The quantitative estimate of drug-likeness (QED) is 0.320. The summed E-state index contributed by atoms with van der Waals surface area (Å²) in [4.78, 5) is 16.2. The van der Waals surface area contributed by atoms with Gasteiger partial charge >= 0.3 is 0 Å². The number of hydrogen-bond donors (Lipinski definition) is 3. The monoisotopic (exact) mass is 500 g/mol. The molecule has 1 unspecified atom stereocenters. The molecule has 1 aromatic carbocycles. The second kappa shape index (κ2) is 11.2. The molecule has 0 bridgehead atoms. The summed E-state index contributed by atoms with van der Waals surface area (Å²) in [5, 5.41) is 10.2. The van der Waals surface area contributed by atoms with Gasteiger partial charge in [-0.15, -0.1) is 24.0 Å². The van der Waals surface area contributed by atoms with Crippen molar-refractivity contribution in [1.29, 1.82) is 0 Å². The smallest absolute Gasteiger partial charge is 0.291 e. The Hall–Kier alpha value is -1.68. The number of furan rings is 1. The predicted octanol–water partition coefficient (Wildman–Crippen LogP) is 3.71. The van der Waals surface area contributed by atoms with Gasteiger partial charge in [-0.05, 0) is 48.4 Å². The lowest BCUT2D eigenvalue weighted by Gasteiger charge is -2.15. The van der Waals surface area contributed by atoms with E-state index in [1.807, 2.05) is 36.0 Å². The van der Waals surface area contributed by atoms with E-state index >= 15 is 0 Å². The van der Waals surface area contributed by atoms with Gasteiger partial charge in [0.2, 0.25) is 0 Å². The van der Waals surface area contributed by atoms with Crippen molar-refractivity contribution in [2.75, 3.05) is 24.7 Å². The number of guanidine groups is 1. The minimum Gasteiger partial charge on any atom is -0.459 e. The number of nitrogens with one attached hydrogen (secondary N) is 3. The molecule has 1 saturated heterocycles. The minimum atomic E-state index is -0.254. The topological polar surface area (TPSA) is 78.7 Å². The Morgan fingerprint density at radius 2 is 2.07 bits per heavy atom. The first kappa shape index (κ1) is 21.6. The van der Waals surface area contributed by atoms with Gasteiger partial charge in [0.15, 0.2) is 11.7 Å². The van der Waals surface area contributed by atoms with Crippen LogP contribution in [-0.2, 0) is 6.54 Å². The molecule has 6 nitrogen and oxygen atoms in total. The first-order chi connectivity index (χ1) is 12.7. The molecule has 1 aromatic heterocycles. The van der Waals surface area contributed by atoms with Crippen molar-refractivity contribution in [1.82, 2.24) is 10.6 Å². The fraction of sp³-hybridized carbons (Fsp3) is 0.368. The number of rotatable bonds is 6. The lowest BCUT2D eigenvalue weighted by molar-refractivity contribution is 0.0996. The van der Waals surface area contributed by atoms with E-state index in [1.54, 1.807) is 19.2 Å². The Balaban J connectivity index is 0.00000261. The van der Waals surface area contributed by atoms with Gasteiger partial charge in [0.05, 0.1) is 6.26 Å². The first-order valence-corrected chi connectivity index (χ1v) is 9.79. The Kier molecular flexibility index (Phi) is 8.99. The summed E-state index contributed by atoms with van der Waals surface area (Å²) < 4.78 is 5.08. The van der Waals surface area contributed by atoms with Crippen LogP contribution in [0, 0.1) is 0 Å². The fourth-order valence-electron chi connectivity index (χ4n) is 2.73. The van der Waals surface area contributed by atoms with Crippen LogP contribution in [0.3, 0.4) is 0 Å². The lowest BCUT2D eigenvalue weighted by Crippen LogP contribution is -2.39. The first-order valence-electron chi connectivity index (χ1n) is 8.74. The summed E-state index contributed by atoms with van der Waals surface area (Å²) in [5.74, 6) is 2.12. The number of amides is 1. The van der Waals surface area contributed by atoms with E-state index in [2.05, 4.69) is 20.9 Å². The van der Waals surface area contributed by atoms with Gasteiger partial charge in [-0.1, -0.05) is 12.1 Å². The van der Waals surface area contributed by atoms with E-state index in [9.17, 15) is 4.79 Å². The van der Waals surface area contributed by atoms with E-state index in [4.69, 9.17) is 4.42 Å². The molecular formula is C19H25IN4O2S. The van der Waals surface area contributed by atoms with Gasteiger partial charge in [-0.25, -0.2) is 0 Å². The Labute approximate surface area is 181 Å². The van der Waals surface area contributed by atoms with Crippen LogP contribution in [-0.4, -0.2) is 36.5 Å². The molecule has 2 aromatic rings. The van der Waals surface area contributed by atoms with Crippen LogP contribution in [0.25, 0.3) is 0 Å². The largest absolute Gasteiger partial charge is 0.459 e. The van der Waals surface area contributed by atoms with E-state index in [1.165, 1.54) is 24.9 Å². The van der Waals surface area contributed by atoms with Crippen molar-refractivity contribution in [3.63, 3.8) is 0 Å². The molecule has 8 heteroatoms. The summed E-state index contributed by atoms with van der Waals surface area (Å²) in [6.45, 7) is 1.62. The third-order valence-corrected chi connectivity index (χ3v) is 5.56. The average molecular weight is 500 g/mol. The second-order valence-electron chi connectivity index (χ2n) is 6.07. The van der Waals surface area contributed by atoms with E-state index < -0.39 is 0 Å². The highest BCUT2D eigenvalue weighted by Gasteiger charge is 2.15. The summed E-state index contributed by atoms with van der Waals surface area (Å²) >= 11 is 2.03. The number of thioether (sulfide) groups is 1. The summed E-state index contributed by atoms with van der Waals surface area (Å²) in [6, 6.07) is 11.0. The number of anilines is 1. The number of halogens is 1. The molecule has 1 amide bonds. The molecule has 3 rings (SSSR count). The van der Waals surface area contributed by atoms with Gasteiger partial charge in [0.25, 0.3) is 5.91 Å². The van der Waals surface area contributed by atoms with Crippen molar-refractivity contribution >= 4 is 53.3 Å². The number of hydrogen-bond acceptors (Lipinski definition) is 4. The highest BCUT2D eigenvalue weighted by Crippen LogP contribution is 2.25. The predicted molar refractivity (Wildman–Crippen MR) is 122 cm³/mol. The third-order valence-electron chi connectivity index (χ3n) is 4.16. The Bertz CT molecular complexity index is 729. The minimum absolute atomic E-state index is 0. The van der Waals surface area contributed by atoms with Crippen LogP contribution in [0.1, 0.15) is 29.0 Å². The molecular weight excluding hydrogens is 475 g/mol. The maximum Gasteiger partial charge on any atom is 0.291 e. The third kappa shape index (κ3) is 6.76. The maximum absolute atomic E-state index is 12.0. The van der Waals surface area contributed by atoms with Crippen LogP contribution in [0.2, 0.25) is 0 Å². The number of carbonyl (C=O) groups is 1. The van der Waals surface area contributed by atoms with Gasteiger partial charge in [-0.2, -0.15) is 11.8 Å². The molecule has 0 aliphatic carbocycles. The summed E-state index contributed by atoms with van der Waals surface area (Å²) in [6.07, 6.45) is 4.07. The van der Waals surface area contributed by atoms with Crippen LogP contribution >= 0.6 is 35.7 Å². The van der Waals surface area contributed by atoms with Crippen LogP contribution in [0.15, 0.2) is 52.1 Å². The molecule has 2 heterocycles. The van der Waals surface area contributed by atoms with Crippen LogP contribution in [0.5, 0.6) is 0 Å². The molecule has 1 aliphatic rings. The number of nitrogens with zero attached hydrogens (tertiary/aromatic N) is 1. The molecule has 0 spiro atoms. The molecule has 0 radical (unpaired) electrons. The Morgan fingerprint density at radius 1 is 1.26 bits per heavy atom. The highest BCUT2D eigenvalue weighted by molar-refractivity contribution is 14.0. The zero-order valence-electron chi connectivity index (χ0n) is 15.2. The number of aliphatic imine (C=N–C) groups is 1. The second-order valence-corrected chi connectivity index (χ2v) is 7.48. The van der Waals surface area contributed by atoms with Crippen LogP contribution in [0.4, 0.5) is 5.69 Å². The number of benzene rings is 1. The van der Waals surface area contributed by atoms with E-state index in [0.717, 1.165) is 23.8 Å². The normalized spacial score (nSPS) is 16.5. The number of carbonyl (C=O) groups excluding carboxylic acids is 1. The average Bonchev–Trinajstić information content (AvgIpc) is 3.37. The van der Waals surface area contributed by atoms with Crippen molar-refractivity contribution < 1.29 is 9.21 Å². The summed E-state index contributed by atoms with van der Waals surface area (Å²) in [7, 11) is 1.78.